The predicted molar refractivity (Wildman–Crippen MR) is 127 cm³/mol. The van der Waals surface area contributed by atoms with E-state index in [1.165, 1.54) is 11.1 Å². The maximum absolute atomic E-state index is 12.6. The van der Waals surface area contributed by atoms with Gasteiger partial charge in [-0.3, -0.25) is 14.7 Å². The number of benzene rings is 1. The number of imidazole rings is 1. The molecule has 0 aliphatic carbocycles. The van der Waals surface area contributed by atoms with E-state index in [0.29, 0.717) is 22.9 Å². The van der Waals surface area contributed by atoms with Gasteiger partial charge in [-0.25, -0.2) is 4.98 Å². The van der Waals surface area contributed by atoms with Crippen LogP contribution in [0, 0.1) is 0 Å². The number of fused-ring (bicyclic) bond motifs is 2. The fourth-order valence-corrected chi connectivity index (χ4v) is 4.28. The number of hydrogen-bond acceptors (Lipinski definition) is 5. The summed E-state index contributed by atoms with van der Waals surface area (Å²) in [4.78, 5) is 23.6. The number of halogens is 1. The topological polar surface area (TPSA) is 82.8 Å². The minimum Gasteiger partial charge on any atom is -0.390 e. The number of β-amino-alcohol motifs (C(OH)–C–C–N with tert-alkyl or cyclic N) is 1. The predicted octanol–water partition coefficient (Wildman–Crippen LogP) is 3.20. The van der Waals surface area contributed by atoms with Gasteiger partial charge >= 0.3 is 0 Å². The molecule has 3 aromatic heterocycles. The molecule has 4 aromatic rings. The van der Waals surface area contributed by atoms with E-state index in [0.717, 1.165) is 30.8 Å². The van der Waals surface area contributed by atoms with Gasteiger partial charge in [0.05, 0.1) is 16.8 Å². The van der Waals surface area contributed by atoms with Crippen molar-refractivity contribution >= 4 is 23.2 Å². The van der Waals surface area contributed by atoms with Crippen molar-refractivity contribution in [1.82, 2.24) is 24.6 Å². The fourth-order valence-electron chi connectivity index (χ4n) is 4.17. The highest BCUT2D eigenvalue weighted by Crippen LogP contribution is 2.20. The highest BCUT2D eigenvalue weighted by Gasteiger charge is 2.19. The number of aliphatic hydroxyl groups is 1. The largest absolute Gasteiger partial charge is 0.390 e. The highest BCUT2D eigenvalue weighted by atomic mass is 35.5. The van der Waals surface area contributed by atoms with Crippen molar-refractivity contribution < 1.29 is 9.90 Å². The Morgan fingerprint density at radius 2 is 1.97 bits per heavy atom. The van der Waals surface area contributed by atoms with E-state index >= 15 is 0 Å². The summed E-state index contributed by atoms with van der Waals surface area (Å²) in [6.45, 7) is 2.40. The van der Waals surface area contributed by atoms with Crippen molar-refractivity contribution in [3.05, 3.63) is 89.0 Å². The van der Waals surface area contributed by atoms with Gasteiger partial charge in [0.25, 0.3) is 5.91 Å². The summed E-state index contributed by atoms with van der Waals surface area (Å²) in [5.74, 6) is -0.312. The molecule has 1 aliphatic rings. The second-order valence-electron chi connectivity index (χ2n) is 8.29. The van der Waals surface area contributed by atoms with Crippen LogP contribution in [0.1, 0.15) is 21.6 Å². The Kier molecular flexibility index (Phi) is 6.09. The minimum atomic E-state index is -0.654. The Labute approximate surface area is 196 Å². The molecule has 0 spiro atoms. The molecule has 1 atom stereocenters. The summed E-state index contributed by atoms with van der Waals surface area (Å²) in [6, 6.07) is 15.8. The maximum atomic E-state index is 12.6. The molecule has 7 nitrogen and oxygen atoms in total. The SMILES string of the molecule is O=C(NC[C@H](O)CN1CCc2ccccc2C1)c1cn2cc(-c3ccc(Cl)cn3)ccc2n1. The molecule has 1 amide bonds. The van der Waals surface area contributed by atoms with Crippen molar-refractivity contribution in [2.24, 2.45) is 0 Å². The van der Waals surface area contributed by atoms with E-state index in [1.54, 1.807) is 22.9 Å². The fraction of sp³-hybridized carbons (Fsp3) is 0.240. The van der Waals surface area contributed by atoms with E-state index in [2.05, 4.69) is 38.4 Å². The number of nitrogens with one attached hydrogen (secondary N) is 1. The zero-order valence-corrected chi connectivity index (χ0v) is 18.7. The number of aromatic nitrogens is 3. The number of amides is 1. The molecule has 0 saturated heterocycles. The summed E-state index contributed by atoms with van der Waals surface area (Å²) >= 11 is 5.92. The van der Waals surface area contributed by atoms with Gasteiger partial charge in [0.2, 0.25) is 0 Å². The van der Waals surface area contributed by atoms with Gasteiger partial charge in [-0.05, 0) is 41.8 Å². The molecular formula is C25H24ClN5O2. The average Bonchev–Trinajstić information content (AvgIpc) is 3.26. The average molecular weight is 462 g/mol. The zero-order valence-electron chi connectivity index (χ0n) is 18.0. The molecule has 168 valence electrons. The Balaban J connectivity index is 1.19. The lowest BCUT2D eigenvalue weighted by Crippen LogP contribution is -2.42. The molecule has 0 saturated carbocycles. The number of aliphatic hydroxyl groups excluding tert-OH is 1. The Morgan fingerprint density at radius 3 is 2.79 bits per heavy atom. The van der Waals surface area contributed by atoms with Crippen LogP contribution in [0.15, 0.2) is 67.1 Å². The first-order valence-electron chi connectivity index (χ1n) is 10.9. The smallest absolute Gasteiger partial charge is 0.271 e. The van der Waals surface area contributed by atoms with Crippen LogP contribution in [0.2, 0.25) is 5.02 Å². The molecule has 2 N–H and O–H groups in total. The van der Waals surface area contributed by atoms with E-state index in [9.17, 15) is 9.90 Å². The third kappa shape index (κ3) is 4.90. The Hall–Kier alpha value is -3.26. The van der Waals surface area contributed by atoms with Crippen LogP contribution in [0.25, 0.3) is 16.9 Å². The van der Waals surface area contributed by atoms with Crippen LogP contribution in [-0.4, -0.2) is 56.0 Å². The van der Waals surface area contributed by atoms with Crippen molar-refractivity contribution in [3.8, 4) is 11.3 Å². The lowest BCUT2D eigenvalue weighted by atomic mass is 10.00. The number of pyridine rings is 2. The maximum Gasteiger partial charge on any atom is 0.271 e. The first-order chi connectivity index (χ1) is 16.0. The van der Waals surface area contributed by atoms with Gasteiger partial charge in [-0.1, -0.05) is 35.9 Å². The second-order valence-corrected chi connectivity index (χ2v) is 8.73. The lowest BCUT2D eigenvalue weighted by Gasteiger charge is -2.30. The molecule has 8 heteroatoms. The summed E-state index contributed by atoms with van der Waals surface area (Å²) in [6.07, 6.45) is 5.47. The Morgan fingerprint density at radius 1 is 1.12 bits per heavy atom. The molecule has 0 fully saturated rings. The number of hydrogen-bond donors (Lipinski definition) is 2. The van der Waals surface area contributed by atoms with Gasteiger partial charge in [-0.15, -0.1) is 0 Å². The molecular weight excluding hydrogens is 438 g/mol. The first kappa shape index (κ1) is 21.6. The van der Waals surface area contributed by atoms with E-state index < -0.39 is 6.10 Å². The van der Waals surface area contributed by atoms with Crippen molar-refractivity contribution in [2.75, 3.05) is 19.6 Å². The van der Waals surface area contributed by atoms with Crippen LogP contribution in [-0.2, 0) is 13.0 Å². The van der Waals surface area contributed by atoms with Gasteiger partial charge in [-0.2, -0.15) is 0 Å². The summed E-state index contributed by atoms with van der Waals surface area (Å²) in [7, 11) is 0. The minimum absolute atomic E-state index is 0.171. The van der Waals surface area contributed by atoms with Crippen LogP contribution >= 0.6 is 11.6 Å². The normalized spacial score (nSPS) is 14.7. The molecule has 0 unspecified atom stereocenters. The number of carbonyl (C=O) groups excluding carboxylic acids is 1. The third-order valence-corrected chi connectivity index (χ3v) is 6.11. The summed E-state index contributed by atoms with van der Waals surface area (Å²) in [5, 5.41) is 13.8. The molecule has 0 radical (unpaired) electrons. The number of nitrogens with zero attached hydrogens (tertiary/aromatic N) is 4. The highest BCUT2D eigenvalue weighted by molar-refractivity contribution is 6.30. The molecule has 33 heavy (non-hydrogen) atoms. The number of carbonyl (C=O) groups is 1. The van der Waals surface area contributed by atoms with Crippen molar-refractivity contribution in [3.63, 3.8) is 0 Å². The van der Waals surface area contributed by atoms with E-state index in [-0.39, 0.29) is 12.5 Å². The third-order valence-electron chi connectivity index (χ3n) is 5.88. The van der Waals surface area contributed by atoms with Crippen molar-refractivity contribution in [1.29, 1.82) is 0 Å². The van der Waals surface area contributed by atoms with Gasteiger partial charge < -0.3 is 14.8 Å². The molecule has 0 bridgehead atoms. The lowest BCUT2D eigenvalue weighted by molar-refractivity contribution is 0.0838. The second kappa shape index (κ2) is 9.31. The van der Waals surface area contributed by atoms with Crippen LogP contribution < -0.4 is 5.32 Å². The molecule has 1 aromatic carbocycles. The standard InChI is InChI=1S/C25H24ClN5O2/c26-20-6-7-22(27-11-20)19-5-8-24-29-23(16-31(24)14-19)25(33)28-12-21(32)15-30-10-9-17-3-1-2-4-18(17)13-30/h1-8,11,14,16,21,32H,9-10,12-13,15H2,(H,28,33)/t21-/m0/s1. The van der Waals surface area contributed by atoms with E-state index in [4.69, 9.17) is 11.6 Å². The summed E-state index contributed by atoms with van der Waals surface area (Å²) in [5.41, 5.74) is 5.31. The van der Waals surface area contributed by atoms with Crippen LogP contribution in [0.5, 0.6) is 0 Å². The van der Waals surface area contributed by atoms with Crippen LogP contribution in [0.4, 0.5) is 0 Å². The van der Waals surface area contributed by atoms with Crippen LogP contribution in [0.3, 0.4) is 0 Å². The van der Waals surface area contributed by atoms with Gasteiger partial charge in [0.15, 0.2) is 0 Å². The zero-order chi connectivity index (χ0) is 22.8. The molecule has 1 aliphatic heterocycles. The Bertz CT molecular complexity index is 1290. The molecule has 4 heterocycles. The molecule has 5 rings (SSSR count). The monoisotopic (exact) mass is 461 g/mol. The number of rotatable bonds is 6. The van der Waals surface area contributed by atoms with Gasteiger partial charge in [0.1, 0.15) is 11.3 Å². The first-order valence-corrected chi connectivity index (χ1v) is 11.3. The van der Waals surface area contributed by atoms with Crippen molar-refractivity contribution in [2.45, 2.75) is 19.1 Å². The van der Waals surface area contributed by atoms with E-state index in [1.807, 2.05) is 30.5 Å². The summed E-state index contributed by atoms with van der Waals surface area (Å²) < 4.78 is 1.79. The van der Waals surface area contributed by atoms with Gasteiger partial charge in [0, 0.05) is 50.3 Å². The quantitative estimate of drug-likeness (QED) is 0.461.